The van der Waals surface area contributed by atoms with Crippen molar-refractivity contribution in [1.29, 1.82) is 0 Å². The second kappa shape index (κ2) is 4.87. The summed E-state index contributed by atoms with van der Waals surface area (Å²) in [4.78, 5) is 0. The topological polar surface area (TPSA) is 29.4 Å². The van der Waals surface area contributed by atoms with Gasteiger partial charge in [0.15, 0.2) is 0 Å². The van der Waals surface area contributed by atoms with E-state index in [0.717, 1.165) is 0 Å². The van der Waals surface area contributed by atoms with Crippen LogP contribution >= 0.6 is 0 Å². The van der Waals surface area contributed by atoms with Crippen molar-refractivity contribution in [3.63, 3.8) is 0 Å². The van der Waals surface area contributed by atoms with Crippen molar-refractivity contribution in [2.75, 3.05) is 0 Å². The molecule has 4 heteroatoms. The number of hydrogen-bond donors (Lipinski definition) is 0. The molecular weight excluding hydrogens is 225 g/mol. The van der Waals surface area contributed by atoms with Crippen molar-refractivity contribution in [2.45, 2.75) is 32.4 Å². The van der Waals surface area contributed by atoms with Crippen LogP contribution in [0.1, 0.15) is 31.9 Å². The van der Waals surface area contributed by atoms with Crippen molar-refractivity contribution < 1.29 is 8.60 Å². The van der Waals surface area contributed by atoms with Gasteiger partial charge in [-0.3, -0.25) is 0 Å². The predicted molar refractivity (Wildman–Crippen MR) is 66.6 cm³/mol. The molecule has 0 spiro atoms. The summed E-state index contributed by atoms with van der Waals surface area (Å²) in [6.07, 6.45) is 1.34. The van der Waals surface area contributed by atoms with E-state index in [9.17, 15) is 8.60 Å². The first kappa shape index (κ1) is 13.0. The normalized spacial score (nSPS) is 14.3. The van der Waals surface area contributed by atoms with Crippen LogP contribution in [0.4, 0.5) is 4.39 Å². The largest absolute Gasteiger partial charge is 0.234 e. The summed E-state index contributed by atoms with van der Waals surface area (Å²) >= 11 is 0. The van der Waals surface area contributed by atoms with Crippen LogP contribution in [0, 0.1) is 12.7 Å². The number of halogens is 1. The van der Waals surface area contributed by atoms with Gasteiger partial charge in [0.05, 0.1) is 4.75 Å². The molecule has 0 aliphatic rings. The van der Waals surface area contributed by atoms with Gasteiger partial charge in [0.1, 0.15) is 16.8 Å². The maximum absolute atomic E-state index is 13.6. The van der Waals surface area contributed by atoms with E-state index in [1.807, 2.05) is 20.8 Å². The van der Waals surface area contributed by atoms with Crippen LogP contribution in [0.5, 0.6) is 0 Å². The van der Waals surface area contributed by atoms with Gasteiger partial charge in [-0.25, -0.2) is 8.60 Å². The van der Waals surface area contributed by atoms with E-state index in [1.54, 1.807) is 25.1 Å². The Morgan fingerprint density at radius 2 is 2.00 bits per heavy atom. The summed E-state index contributed by atoms with van der Waals surface area (Å²) in [5.41, 5.74) is 0.933. The predicted octanol–water partition coefficient (Wildman–Crippen LogP) is 3.02. The molecular formula is C12H16FNOS. The van der Waals surface area contributed by atoms with Gasteiger partial charge >= 0.3 is 0 Å². The third-order valence-electron chi connectivity index (χ3n) is 2.03. The van der Waals surface area contributed by atoms with Gasteiger partial charge in [0, 0.05) is 11.8 Å². The third-order valence-corrected chi connectivity index (χ3v) is 3.38. The van der Waals surface area contributed by atoms with Crippen molar-refractivity contribution in [3.05, 3.63) is 35.1 Å². The number of nitrogens with zero attached hydrogens (tertiary/aromatic N) is 1. The van der Waals surface area contributed by atoms with Gasteiger partial charge in [-0.05, 0) is 33.3 Å². The lowest BCUT2D eigenvalue weighted by Gasteiger charge is -2.12. The summed E-state index contributed by atoms with van der Waals surface area (Å²) in [7, 11) is -1.35. The zero-order valence-electron chi connectivity index (χ0n) is 9.95. The van der Waals surface area contributed by atoms with E-state index >= 15 is 0 Å². The summed E-state index contributed by atoms with van der Waals surface area (Å²) in [6, 6.07) is 5.05. The van der Waals surface area contributed by atoms with Crippen LogP contribution in [-0.2, 0) is 11.0 Å². The fraction of sp³-hybridized carbons (Fsp3) is 0.417. The highest BCUT2D eigenvalue weighted by Gasteiger charge is 2.18. The van der Waals surface area contributed by atoms with E-state index in [2.05, 4.69) is 4.40 Å². The summed E-state index contributed by atoms with van der Waals surface area (Å²) in [6.45, 7) is 7.17. The molecule has 0 bridgehead atoms. The lowest BCUT2D eigenvalue weighted by atomic mass is 10.1. The maximum atomic E-state index is 13.6. The minimum absolute atomic E-state index is 0.308. The molecule has 0 aliphatic carbocycles. The molecule has 0 heterocycles. The molecule has 0 saturated carbocycles. The fourth-order valence-corrected chi connectivity index (χ4v) is 1.56. The maximum Gasteiger partial charge on any atom is 0.144 e. The average molecular weight is 241 g/mol. The number of aryl methyl sites for hydroxylation is 1. The second-order valence-corrected chi connectivity index (χ2v) is 6.51. The van der Waals surface area contributed by atoms with Crippen molar-refractivity contribution in [1.82, 2.24) is 0 Å². The minimum Gasteiger partial charge on any atom is -0.234 e. The lowest BCUT2D eigenvalue weighted by molar-refractivity contribution is 0.616. The Morgan fingerprint density at radius 3 is 2.56 bits per heavy atom. The molecule has 2 nitrogen and oxygen atoms in total. The number of rotatable bonds is 2. The Morgan fingerprint density at radius 1 is 1.38 bits per heavy atom. The van der Waals surface area contributed by atoms with Gasteiger partial charge < -0.3 is 0 Å². The van der Waals surface area contributed by atoms with Gasteiger partial charge in [-0.15, -0.1) is 0 Å². The van der Waals surface area contributed by atoms with Crippen molar-refractivity contribution in [3.8, 4) is 0 Å². The zero-order chi connectivity index (χ0) is 12.3. The molecule has 88 valence electrons. The molecule has 0 radical (unpaired) electrons. The molecule has 0 aromatic heterocycles. The Bertz CT molecular complexity index is 435. The first-order valence-corrected chi connectivity index (χ1v) is 6.14. The Hall–Kier alpha value is -1.03. The molecule has 1 atom stereocenters. The standard InChI is InChI=1S/C12H16FNOS/c1-9-6-5-7-10(11(9)13)8-14-16(15)12(2,3)4/h5-8H,1-4H3/b14-8+/t16-/m0/s1. The summed E-state index contributed by atoms with van der Waals surface area (Å²) in [5, 5.41) is 0. The Labute approximate surface area is 98.2 Å². The molecule has 1 rings (SSSR count). The zero-order valence-corrected chi connectivity index (χ0v) is 10.8. The minimum atomic E-state index is -1.35. The fourth-order valence-electron chi connectivity index (χ4n) is 1.03. The van der Waals surface area contributed by atoms with Crippen LogP contribution < -0.4 is 0 Å². The highest BCUT2D eigenvalue weighted by atomic mass is 32.2. The van der Waals surface area contributed by atoms with E-state index in [0.29, 0.717) is 11.1 Å². The molecule has 1 aromatic rings. The smallest absolute Gasteiger partial charge is 0.144 e. The van der Waals surface area contributed by atoms with Crippen LogP contribution in [0.3, 0.4) is 0 Å². The Kier molecular flexibility index (Phi) is 3.97. The summed E-state index contributed by atoms with van der Waals surface area (Å²) in [5.74, 6) is -0.308. The van der Waals surface area contributed by atoms with Crippen molar-refractivity contribution in [2.24, 2.45) is 4.40 Å². The molecule has 0 aliphatic heterocycles. The first-order chi connectivity index (χ1) is 7.32. The van der Waals surface area contributed by atoms with Crippen LogP contribution in [0.25, 0.3) is 0 Å². The van der Waals surface area contributed by atoms with Crippen LogP contribution in [0.2, 0.25) is 0 Å². The molecule has 0 amide bonds. The summed E-state index contributed by atoms with van der Waals surface area (Å²) < 4.78 is 28.6. The average Bonchev–Trinajstić information content (AvgIpc) is 2.18. The molecule has 0 unspecified atom stereocenters. The van der Waals surface area contributed by atoms with Gasteiger partial charge in [0.2, 0.25) is 0 Å². The van der Waals surface area contributed by atoms with Crippen LogP contribution in [-0.4, -0.2) is 15.2 Å². The molecule has 0 saturated heterocycles. The van der Waals surface area contributed by atoms with E-state index in [4.69, 9.17) is 0 Å². The first-order valence-electron chi connectivity index (χ1n) is 5.03. The second-order valence-electron chi connectivity index (χ2n) is 4.57. The monoisotopic (exact) mass is 241 g/mol. The number of benzene rings is 1. The molecule has 0 fully saturated rings. The van der Waals surface area contributed by atoms with Gasteiger partial charge in [-0.2, -0.15) is 4.40 Å². The van der Waals surface area contributed by atoms with Crippen molar-refractivity contribution >= 4 is 17.2 Å². The molecule has 1 aromatic carbocycles. The van der Waals surface area contributed by atoms with Crippen LogP contribution in [0.15, 0.2) is 22.6 Å². The van der Waals surface area contributed by atoms with Gasteiger partial charge in [0.25, 0.3) is 0 Å². The third kappa shape index (κ3) is 3.23. The highest BCUT2D eigenvalue weighted by molar-refractivity contribution is 7.85. The van der Waals surface area contributed by atoms with E-state index in [1.165, 1.54) is 6.21 Å². The lowest BCUT2D eigenvalue weighted by Crippen LogP contribution is -2.19. The molecule has 16 heavy (non-hydrogen) atoms. The Balaban J connectivity index is 2.94. The SMILES string of the molecule is Cc1cccc(/C=N/[S@@](=O)C(C)(C)C)c1F. The van der Waals surface area contributed by atoms with E-state index < -0.39 is 15.7 Å². The number of hydrogen-bond acceptors (Lipinski definition) is 1. The van der Waals surface area contributed by atoms with Gasteiger partial charge in [-0.1, -0.05) is 18.2 Å². The molecule has 0 N–H and O–H groups in total. The quantitative estimate of drug-likeness (QED) is 0.732. The highest BCUT2D eigenvalue weighted by Crippen LogP contribution is 2.14. The van der Waals surface area contributed by atoms with E-state index in [-0.39, 0.29) is 5.82 Å².